The molecule has 0 atom stereocenters. The Labute approximate surface area is 251 Å². The van der Waals surface area contributed by atoms with Crippen LogP contribution in [0.2, 0.25) is 5.02 Å². The Morgan fingerprint density at radius 2 is 1.57 bits per heavy atom. The van der Waals surface area contributed by atoms with E-state index in [0.717, 1.165) is 44.0 Å². The van der Waals surface area contributed by atoms with E-state index in [4.69, 9.17) is 16.0 Å². The first-order valence-corrected chi connectivity index (χ1v) is 14.4. The second-order valence-electron chi connectivity index (χ2n) is 10.8. The topological polar surface area (TPSA) is 81.1 Å². The number of halogens is 1. The van der Waals surface area contributed by atoms with E-state index in [0.29, 0.717) is 17.3 Å². The van der Waals surface area contributed by atoms with Crippen LogP contribution in [-0.4, -0.2) is 57.0 Å². The van der Waals surface area contributed by atoms with Crippen molar-refractivity contribution in [3.8, 4) is 0 Å². The van der Waals surface area contributed by atoms with Gasteiger partial charge in [-0.2, -0.15) is 0 Å². The van der Waals surface area contributed by atoms with Crippen LogP contribution in [0.15, 0.2) is 83.5 Å². The van der Waals surface area contributed by atoms with Crippen molar-refractivity contribution in [2.75, 3.05) is 55.4 Å². The molecule has 2 N–H and O–H groups in total. The number of aryl methyl sites for hydroxylation is 1. The van der Waals surface area contributed by atoms with E-state index in [2.05, 4.69) is 62.6 Å². The summed E-state index contributed by atoms with van der Waals surface area (Å²) in [5.41, 5.74) is 6.17. The SMILES string of the molecule is Cc1ccccc1N1CCN(c2cc(Cl)c(C(=O)NCc3cccc(CN(C)C)c3)cc2NC(=O)c2ccco2)CC1. The number of benzene rings is 3. The molecule has 1 fully saturated rings. The first kappa shape index (κ1) is 29.2. The first-order chi connectivity index (χ1) is 20.3. The number of hydrogen-bond acceptors (Lipinski definition) is 6. The van der Waals surface area contributed by atoms with Crippen molar-refractivity contribution >= 4 is 40.5 Å². The summed E-state index contributed by atoms with van der Waals surface area (Å²) in [6, 6.07) is 23.2. The van der Waals surface area contributed by atoms with Gasteiger partial charge in [-0.1, -0.05) is 54.1 Å². The van der Waals surface area contributed by atoms with Gasteiger partial charge in [0.2, 0.25) is 0 Å². The molecule has 4 aromatic rings. The molecule has 1 aliphatic rings. The van der Waals surface area contributed by atoms with Crippen LogP contribution in [0.1, 0.15) is 37.6 Å². The minimum Gasteiger partial charge on any atom is -0.459 e. The average Bonchev–Trinajstić information content (AvgIpc) is 3.52. The molecule has 218 valence electrons. The summed E-state index contributed by atoms with van der Waals surface area (Å²) in [6.45, 7) is 6.35. The van der Waals surface area contributed by atoms with Gasteiger partial charge in [-0.15, -0.1) is 0 Å². The zero-order chi connectivity index (χ0) is 29.6. The molecule has 0 saturated carbocycles. The molecule has 42 heavy (non-hydrogen) atoms. The van der Waals surface area contributed by atoms with Gasteiger partial charge in [0.05, 0.1) is 28.2 Å². The van der Waals surface area contributed by atoms with Crippen molar-refractivity contribution in [1.82, 2.24) is 10.2 Å². The summed E-state index contributed by atoms with van der Waals surface area (Å²) in [4.78, 5) is 33.0. The maximum Gasteiger partial charge on any atom is 0.291 e. The number of rotatable bonds is 9. The zero-order valence-electron chi connectivity index (χ0n) is 24.2. The molecule has 8 nitrogen and oxygen atoms in total. The smallest absolute Gasteiger partial charge is 0.291 e. The van der Waals surface area contributed by atoms with Crippen LogP contribution >= 0.6 is 11.6 Å². The Kier molecular flexibility index (Phi) is 9.15. The standard InChI is InChI=1S/C33H36ClN5O3/c1-23-8-4-5-11-29(23)38-13-15-39(16-14-38)30-20-27(34)26(19-28(30)36-33(41)31-12-7-17-42-31)32(40)35-21-24-9-6-10-25(18-24)22-37(2)3/h4-12,17-20H,13-16,21-22H2,1-3H3,(H,35,40)(H,36,41). The van der Waals surface area contributed by atoms with Gasteiger partial charge in [0.15, 0.2) is 5.76 Å². The molecule has 2 amide bonds. The fraction of sp³-hybridized carbons (Fsp3) is 0.273. The maximum absolute atomic E-state index is 13.3. The third-order valence-corrected chi connectivity index (χ3v) is 7.66. The third-order valence-electron chi connectivity index (χ3n) is 7.34. The quantitative estimate of drug-likeness (QED) is 0.258. The van der Waals surface area contributed by atoms with Gasteiger partial charge in [-0.05, 0) is 68.0 Å². The second-order valence-corrected chi connectivity index (χ2v) is 11.2. The van der Waals surface area contributed by atoms with E-state index >= 15 is 0 Å². The van der Waals surface area contributed by atoms with Crippen LogP contribution in [-0.2, 0) is 13.1 Å². The lowest BCUT2D eigenvalue weighted by molar-refractivity contribution is 0.0949. The third kappa shape index (κ3) is 6.95. The van der Waals surface area contributed by atoms with Crippen LogP contribution < -0.4 is 20.4 Å². The maximum atomic E-state index is 13.3. The fourth-order valence-electron chi connectivity index (χ4n) is 5.28. The number of hydrogen-bond donors (Lipinski definition) is 2. The first-order valence-electron chi connectivity index (χ1n) is 14.0. The van der Waals surface area contributed by atoms with Crippen molar-refractivity contribution < 1.29 is 14.0 Å². The summed E-state index contributed by atoms with van der Waals surface area (Å²) in [6.07, 6.45) is 1.45. The van der Waals surface area contributed by atoms with Crippen molar-refractivity contribution in [1.29, 1.82) is 0 Å². The zero-order valence-corrected chi connectivity index (χ0v) is 24.9. The predicted molar refractivity (Wildman–Crippen MR) is 169 cm³/mol. The molecule has 0 radical (unpaired) electrons. The van der Waals surface area contributed by atoms with Gasteiger partial charge in [0.1, 0.15) is 0 Å². The highest BCUT2D eigenvalue weighted by Gasteiger charge is 2.24. The summed E-state index contributed by atoms with van der Waals surface area (Å²) in [5.74, 6) is -0.530. The van der Waals surface area contributed by atoms with Crippen LogP contribution in [0, 0.1) is 6.92 Å². The number of anilines is 3. The van der Waals surface area contributed by atoms with Crippen molar-refractivity contribution in [2.24, 2.45) is 0 Å². The lowest BCUT2D eigenvalue weighted by atomic mass is 10.1. The minimum atomic E-state index is -0.397. The van der Waals surface area contributed by atoms with Crippen LogP contribution in [0.3, 0.4) is 0 Å². The van der Waals surface area contributed by atoms with Crippen LogP contribution in [0.4, 0.5) is 17.1 Å². The predicted octanol–water partition coefficient (Wildman–Crippen LogP) is 5.81. The van der Waals surface area contributed by atoms with Crippen LogP contribution in [0.25, 0.3) is 0 Å². The summed E-state index contributed by atoms with van der Waals surface area (Å²) in [5, 5.41) is 6.26. The van der Waals surface area contributed by atoms with Gasteiger partial charge < -0.3 is 29.8 Å². The average molecular weight is 586 g/mol. The molecule has 0 spiro atoms. The molecule has 1 aromatic heterocycles. The summed E-state index contributed by atoms with van der Waals surface area (Å²) in [7, 11) is 4.04. The molecule has 0 aliphatic carbocycles. The van der Waals surface area contributed by atoms with Gasteiger partial charge in [0, 0.05) is 45.0 Å². The molecular formula is C33H36ClN5O3. The van der Waals surface area contributed by atoms with E-state index in [-0.39, 0.29) is 17.2 Å². The molecule has 3 aromatic carbocycles. The Balaban J connectivity index is 1.36. The number of carbonyl (C=O) groups is 2. The highest BCUT2D eigenvalue weighted by molar-refractivity contribution is 6.34. The van der Waals surface area contributed by atoms with Gasteiger partial charge in [-0.3, -0.25) is 9.59 Å². The van der Waals surface area contributed by atoms with Gasteiger partial charge in [0.25, 0.3) is 11.8 Å². The summed E-state index contributed by atoms with van der Waals surface area (Å²) >= 11 is 6.73. The van der Waals surface area contributed by atoms with E-state index in [1.54, 1.807) is 24.3 Å². The second kappa shape index (κ2) is 13.1. The van der Waals surface area contributed by atoms with Gasteiger partial charge in [-0.25, -0.2) is 0 Å². The fourth-order valence-corrected chi connectivity index (χ4v) is 5.52. The number of para-hydroxylation sites is 1. The number of nitrogens with zero attached hydrogens (tertiary/aromatic N) is 3. The van der Waals surface area contributed by atoms with E-state index in [1.807, 2.05) is 32.3 Å². The molecule has 1 saturated heterocycles. The lowest BCUT2D eigenvalue weighted by Gasteiger charge is -2.38. The monoisotopic (exact) mass is 585 g/mol. The lowest BCUT2D eigenvalue weighted by Crippen LogP contribution is -2.47. The Morgan fingerprint density at radius 3 is 2.26 bits per heavy atom. The largest absolute Gasteiger partial charge is 0.459 e. The van der Waals surface area contributed by atoms with Crippen molar-refractivity contribution in [3.05, 3.63) is 112 Å². The minimum absolute atomic E-state index is 0.184. The number of amides is 2. The summed E-state index contributed by atoms with van der Waals surface area (Å²) < 4.78 is 5.31. The number of furan rings is 1. The Bertz CT molecular complexity index is 1550. The van der Waals surface area contributed by atoms with E-state index in [9.17, 15) is 9.59 Å². The highest BCUT2D eigenvalue weighted by atomic mass is 35.5. The Morgan fingerprint density at radius 1 is 0.857 bits per heavy atom. The van der Waals surface area contributed by atoms with Gasteiger partial charge >= 0.3 is 0 Å². The molecule has 1 aliphatic heterocycles. The molecule has 0 unspecified atom stereocenters. The molecular weight excluding hydrogens is 550 g/mol. The molecule has 5 rings (SSSR count). The van der Waals surface area contributed by atoms with E-state index in [1.165, 1.54) is 23.1 Å². The van der Waals surface area contributed by atoms with Crippen molar-refractivity contribution in [2.45, 2.75) is 20.0 Å². The molecule has 2 heterocycles. The van der Waals surface area contributed by atoms with Crippen LogP contribution in [0.5, 0.6) is 0 Å². The van der Waals surface area contributed by atoms with Crippen molar-refractivity contribution in [3.63, 3.8) is 0 Å². The normalized spacial score (nSPS) is 13.4. The molecule has 9 heteroatoms. The number of nitrogens with one attached hydrogen (secondary N) is 2. The number of piperazine rings is 1. The Hall–Kier alpha value is -4.27. The molecule has 0 bridgehead atoms. The number of carbonyl (C=O) groups excluding carboxylic acids is 2. The van der Waals surface area contributed by atoms with E-state index < -0.39 is 5.91 Å². The highest BCUT2D eigenvalue weighted by Crippen LogP contribution is 2.34.